The number of benzene rings is 2. The number of hydrogen-bond donors (Lipinski definition) is 1. The average Bonchev–Trinajstić information content (AvgIpc) is 2.66. The molecule has 2 aromatic rings. The first kappa shape index (κ1) is 19.4. The van der Waals surface area contributed by atoms with E-state index in [4.69, 9.17) is 0 Å². The van der Waals surface area contributed by atoms with Crippen LogP contribution in [0.1, 0.15) is 22.3 Å². The second kappa shape index (κ2) is 8.57. The molecule has 1 N–H and O–H groups in total. The number of quaternary nitrogens is 1. The third-order valence-electron chi connectivity index (χ3n) is 5.63. The fraction of sp³-hybridized carbons (Fsp3) is 0.435. The fourth-order valence-electron chi connectivity index (χ4n) is 3.76. The van der Waals surface area contributed by atoms with Crippen LogP contribution in [-0.4, -0.2) is 50.6 Å². The van der Waals surface area contributed by atoms with E-state index in [1.165, 1.54) is 32.8 Å². The van der Waals surface area contributed by atoms with Crippen molar-refractivity contribution in [3.63, 3.8) is 0 Å². The van der Waals surface area contributed by atoms with Gasteiger partial charge < -0.3 is 14.7 Å². The topological polar surface area (TPSA) is 28.0 Å². The number of likely N-dealkylation sites (N-methyl/N-ethyl adjacent to an activating group) is 1. The maximum atomic E-state index is 12.7. The molecule has 27 heavy (non-hydrogen) atoms. The van der Waals surface area contributed by atoms with E-state index in [9.17, 15) is 4.79 Å². The molecular weight excluding hydrogens is 334 g/mol. The standard InChI is InChI=1S/C23H31N3O/c1-18-8-10-21(11-9-18)16-24(4)17-23(27)26-14-12-25(13-15-26)22-7-5-6-19(2)20(22)3/h5-11H,12-17H2,1-4H3/p+1. The van der Waals surface area contributed by atoms with Crippen LogP contribution in [0, 0.1) is 20.8 Å². The molecule has 1 unspecified atom stereocenters. The number of nitrogens with one attached hydrogen (secondary N) is 1. The highest BCUT2D eigenvalue weighted by molar-refractivity contribution is 5.77. The van der Waals surface area contributed by atoms with Crippen LogP contribution in [0.5, 0.6) is 0 Å². The second-order valence-electron chi connectivity index (χ2n) is 7.88. The zero-order valence-electron chi connectivity index (χ0n) is 17.1. The SMILES string of the molecule is Cc1ccc(C[NH+](C)CC(=O)N2CCN(c3cccc(C)c3C)CC2)cc1. The van der Waals surface area contributed by atoms with E-state index in [0.717, 1.165) is 32.7 Å². The lowest BCUT2D eigenvalue weighted by Gasteiger charge is -2.37. The molecule has 0 aliphatic carbocycles. The predicted molar refractivity (Wildman–Crippen MR) is 111 cm³/mol. The number of nitrogens with zero attached hydrogens (tertiary/aromatic N) is 2. The summed E-state index contributed by atoms with van der Waals surface area (Å²) in [5.74, 6) is 0.264. The van der Waals surface area contributed by atoms with Gasteiger partial charge in [0, 0.05) is 37.4 Å². The van der Waals surface area contributed by atoms with Crippen LogP contribution in [0.25, 0.3) is 0 Å². The Morgan fingerprint density at radius 1 is 0.963 bits per heavy atom. The summed E-state index contributed by atoms with van der Waals surface area (Å²) in [4.78, 5) is 18.4. The Balaban J connectivity index is 1.50. The normalized spacial score (nSPS) is 15.7. The Hall–Kier alpha value is -2.33. The summed E-state index contributed by atoms with van der Waals surface area (Å²) in [5, 5.41) is 0. The van der Waals surface area contributed by atoms with Crippen molar-refractivity contribution in [3.8, 4) is 0 Å². The maximum Gasteiger partial charge on any atom is 0.277 e. The minimum absolute atomic E-state index is 0.264. The van der Waals surface area contributed by atoms with E-state index in [-0.39, 0.29) is 5.91 Å². The molecule has 1 fully saturated rings. The van der Waals surface area contributed by atoms with Gasteiger partial charge in [-0.15, -0.1) is 0 Å². The first-order chi connectivity index (χ1) is 12.9. The summed E-state index contributed by atoms with van der Waals surface area (Å²) in [6, 6.07) is 15.1. The molecule has 0 spiro atoms. The molecule has 0 aromatic heterocycles. The van der Waals surface area contributed by atoms with Crippen molar-refractivity contribution >= 4 is 11.6 Å². The highest BCUT2D eigenvalue weighted by atomic mass is 16.2. The third-order valence-corrected chi connectivity index (χ3v) is 5.63. The molecule has 144 valence electrons. The number of aryl methyl sites for hydroxylation is 2. The molecule has 3 rings (SSSR count). The monoisotopic (exact) mass is 366 g/mol. The van der Waals surface area contributed by atoms with Crippen molar-refractivity contribution in [1.82, 2.24) is 4.90 Å². The van der Waals surface area contributed by atoms with Crippen molar-refractivity contribution in [2.45, 2.75) is 27.3 Å². The lowest BCUT2D eigenvalue weighted by atomic mass is 10.1. The third kappa shape index (κ3) is 4.89. The molecule has 1 aliphatic heterocycles. The minimum atomic E-state index is 0.264. The average molecular weight is 367 g/mol. The quantitative estimate of drug-likeness (QED) is 0.876. The van der Waals surface area contributed by atoms with Gasteiger partial charge in [-0.25, -0.2) is 0 Å². The van der Waals surface area contributed by atoms with Gasteiger partial charge >= 0.3 is 0 Å². The summed E-state index contributed by atoms with van der Waals surface area (Å²) in [5.41, 5.74) is 6.54. The Labute approximate surface area is 163 Å². The minimum Gasteiger partial charge on any atom is -0.368 e. The fourth-order valence-corrected chi connectivity index (χ4v) is 3.76. The largest absolute Gasteiger partial charge is 0.368 e. The van der Waals surface area contributed by atoms with Crippen LogP contribution in [-0.2, 0) is 11.3 Å². The second-order valence-corrected chi connectivity index (χ2v) is 7.88. The van der Waals surface area contributed by atoms with Gasteiger partial charge in [-0.2, -0.15) is 0 Å². The van der Waals surface area contributed by atoms with E-state index in [1.54, 1.807) is 0 Å². The van der Waals surface area contributed by atoms with Gasteiger partial charge in [0.2, 0.25) is 0 Å². The van der Waals surface area contributed by atoms with Gasteiger partial charge in [0.05, 0.1) is 7.05 Å². The molecule has 4 nitrogen and oxygen atoms in total. The van der Waals surface area contributed by atoms with Gasteiger partial charge in [-0.3, -0.25) is 4.79 Å². The van der Waals surface area contributed by atoms with E-state index in [1.807, 2.05) is 4.90 Å². The Morgan fingerprint density at radius 2 is 1.63 bits per heavy atom. The first-order valence-corrected chi connectivity index (χ1v) is 9.90. The van der Waals surface area contributed by atoms with Crippen LogP contribution in [0.2, 0.25) is 0 Å². The molecular formula is C23H32N3O+. The Kier molecular flexibility index (Phi) is 6.17. The molecule has 0 radical (unpaired) electrons. The van der Waals surface area contributed by atoms with Crippen molar-refractivity contribution in [2.24, 2.45) is 0 Å². The Morgan fingerprint density at radius 3 is 2.30 bits per heavy atom. The summed E-state index contributed by atoms with van der Waals surface area (Å²) < 4.78 is 0. The van der Waals surface area contributed by atoms with Crippen molar-refractivity contribution < 1.29 is 9.69 Å². The smallest absolute Gasteiger partial charge is 0.277 e. The van der Waals surface area contributed by atoms with Gasteiger partial charge in [-0.05, 0) is 38.0 Å². The number of hydrogen-bond acceptors (Lipinski definition) is 2. The van der Waals surface area contributed by atoms with E-state index < -0.39 is 0 Å². The van der Waals surface area contributed by atoms with Crippen molar-refractivity contribution in [1.29, 1.82) is 0 Å². The zero-order chi connectivity index (χ0) is 19.4. The number of amides is 1. The van der Waals surface area contributed by atoms with Gasteiger partial charge in [0.15, 0.2) is 6.54 Å². The molecule has 0 saturated carbocycles. The summed E-state index contributed by atoms with van der Waals surface area (Å²) >= 11 is 0. The van der Waals surface area contributed by atoms with Crippen molar-refractivity contribution in [2.75, 3.05) is 44.7 Å². The molecule has 1 aliphatic rings. The van der Waals surface area contributed by atoms with Crippen LogP contribution < -0.4 is 9.80 Å². The lowest BCUT2D eigenvalue weighted by Crippen LogP contribution is -3.09. The molecule has 4 heteroatoms. The highest BCUT2D eigenvalue weighted by Gasteiger charge is 2.24. The lowest BCUT2D eigenvalue weighted by molar-refractivity contribution is -0.885. The summed E-state index contributed by atoms with van der Waals surface area (Å²) in [7, 11) is 2.10. The van der Waals surface area contributed by atoms with E-state index in [2.05, 4.69) is 75.2 Å². The van der Waals surface area contributed by atoms with E-state index in [0.29, 0.717) is 6.54 Å². The van der Waals surface area contributed by atoms with Gasteiger partial charge in [0.25, 0.3) is 5.91 Å². The summed E-state index contributed by atoms with van der Waals surface area (Å²) in [6.07, 6.45) is 0. The van der Waals surface area contributed by atoms with Crippen molar-refractivity contribution in [3.05, 3.63) is 64.7 Å². The van der Waals surface area contributed by atoms with Gasteiger partial charge in [0.1, 0.15) is 6.54 Å². The predicted octanol–water partition coefficient (Wildman–Crippen LogP) is 1.98. The van der Waals surface area contributed by atoms with Crippen LogP contribution in [0.4, 0.5) is 5.69 Å². The van der Waals surface area contributed by atoms with Crippen LogP contribution in [0.15, 0.2) is 42.5 Å². The molecule has 1 heterocycles. The summed E-state index contributed by atoms with van der Waals surface area (Å²) in [6.45, 7) is 11.3. The number of piperazine rings is 1. The van der Waals surface area contributed by atoms with Crippen LogP contribution >= 0.6 is 0 Å². The maximum absolute atomic E-state index is 12.7. The number of carbonyl (C=O) groups is 1. The Bertz CT molecular complexity index is 777. The first-order valence-electron chi connectivity index (χ1n) is 9.90. The van der Waals surface area contributed by atoms with Crippen LogP contribution in [0.3, 0.4) is 0 Å². The molecule has 1 saturated heterocycles. The molecule has 1 atom stereocenters. The number of carbonyl (C=O) groups excluding carboxylic acids is 1. The molecule has 2 aromatic carbocycles. The molecule has 0 bridgehead atoms. The number of anilines is 1. The number of rotatable bonds is 5. The molecule has 1 amide bonds. The van der Waals surface area contributed by atoms with E-state index >= 15 is 0 Å². The highest BCUT2D eigenvalue weighted by Crippen LogP contribution is 2.23. The van der Waals surface area contributed by atoms with Gasteiger partial charge in [-0.1, -0.05) is 42.0 Å². The zero-order valence-corrected chi connectivity index (χ0v) is 17.1.